The van der Waals surface area contributed by atoms with E-state index in [1.54, 1.807) is 2.89 Å². The van der Waals surface area contributed by atoms with Crippen molar-refractivity contribution in [3.05, 3.63) is 41.3 Å². The molecule has 0 aliphatic heterocycles. The topological polar surface area (TPSA) is 0 Å². The third-order valence-corrected chi connectivity index (χ3v) is 15.6. The van der Waals surface area contributed by atoms with Gasteiger partial charge in [-0.2, -0.15) is 0 Å². The monoisotopic (exact) mass is 418 g/mol. The number of hydrogen-bond acceptors (Lipinski definition) is 2. The molecule has 2 aromatic carbocycles. The van der Waals surface area contributed by atoms with Gasteiger partial charge in [-0.3, -0.25) is 0 Å². The van der Waals surface area contributed by atoms with E-state index in [4.69, 9.17) is 0 Å². The van der Waals surface area contributed by atoms with Crippen molar-refractivity contribution in [3.8, 4) is 0 Å². The Balaban J connectivity index is 2.13. The van der Waals surface area contributed by atoms with Gasteiger partial charge < -0.3 is 0 Å². The van der Waals surface area contributed by atoms with E-state index in [2.05, 4.69) is 58.1 Å². The van der Waals surface area contributed by atoms with Gasteiger partial charge in [-0.1, -0.05) is 0 Å². The Labute approximate surface area is 137 Å². The molecule has 4 rings (SSSR count). The van der Waals surface area contributed by atoms with E-state index in [9.17, 15) is 0 Å². The Hall–Kier alpha value is -0.581. The van der Waals surface area contributed by atoms with Crippen LogP contribution in [0.15, 0.2) is 36.4 Å². The molecule has 0 radical (unpaired) electrons. The first-order chi connectivity index (χ1) is 9.93. The maximum atomic E-state index is 2.50. The normalized spacial score (nSPS) is 12.8. The molecule has 3 heteroatoms. The number of rotatable bonds is 1. The summed E-state index contributed by atoms with van der Waals surface area (Å²) in [5.74, 6) is 0. The van der Waals surface area contributed by atoms with Gasteiger partial charge in [0.25, 0.3) is 0 Å². The van der Waals surface area contributed by atoms with Crippen LogP contribution in [0.2, 0.25) is 14.8 Å². The molecule has 0 saturated heterocycles. The van der Waals surface area contributed by atoms with Gasteiger partial charge in [-0.25, -0.2) is 0 Å². The van der Waals surface area contributed by atoms with E-state index in [1.807, 2.05) is 22.7 Å². The number of benzene rings is 2. The Morgan fingerprint density at radius 1 is 0.714 bits per heavy atom. The Bertz CT molecular complexity index is 983. The van der Waals surface area contributed by atoms with Crippen LogP contribution < -0.4 is 2.89 Å². The van der Waals surface area contributed by atoms with E-state index >= 15 is 0 Å². The number of thiophene rings is 2. The second-order valence-corrected chi connectivity index (χ2v) is 24.6. The predicted molar refractivity (Wildman–Crippen MR) is 102 cm³/mol. The first-order valence-corrected chi connectivity index (χ1v) is 18.9. The van der Waals surface area contributed by atoms with Crippen molar-refractivity contribution in [3.63, 3.8) is 0 Å². The molecule has 2 aromatic heterocycles. The minimum absolute atomic E-state index is 1.40. The third kappa shape index (κ3) is 2.23. The van der Waals surface area contributed by atoms with Crippen molar-refractivity contribution >= 4 is 74.9 Å². The van der Waals surface area contributed by atoms with Crippen molar-refractivity contribution in [2.24, 2.45) is 0 Å². The molecule has 0 atom stereocenters. The summed E-state index contributed by atoms with van der Waals surface area (Å²) in [6.07, 6.45) is 0. The Morgan fingerprint density at radius 3 is 1.90 bits per heavy atom. The number of fused-ring (bicyclic) bond motifs is 5. The molecular weight excluding hydrogens is 399 g/mol. The molecule has 0 fully saturated rings. The van der Waals surface area contributed by atoms with Gasteiger partial charge in [0, 0.05) is 0 Å². The van der Waals surface area contributed by atoms with E-state index in [-0.39, 0.29) is 0 Å². The maximum absolute atomic E-state index is 2.50. The SMILES string of the molecule is Cc1cc2c(ccc3c4c[c]([Sn]([CH3])([CH3])[CH3])sc4ccc23)s1. The molecule has 0 unspecified atom stereocenters. The fourth-order valence-electron chi connectivity index (χ4n) is 2.94. The van der Waals surface area contributed by atoms with E-state index in [1.165, 1.54) is 35.8 Å². The second kappa shape index (κ2) is 4.71. The summed E-state index contributed by atoms with van der Waals surface area (Å²) in [4.78, 5) is 8.90. The Kier molecular flexibility index (Phi) is 3.15. The number of hydrogen-bond donors (Lipinski definition) is 0. The van der Waals surface area contributed by atoms with Crippen LogP contribution in [0, 0.1) is 6.92 Å². The molecule has 0 aliphatic rings. The third-order valence-electron chi connectivity index (χ3n) is 4.06. The zero-order valence-electron chi connectivity index (χ0n) is 12.8. The van der Waals surface area contributed by atoms with Crippen LogP contribution in [-0.2, 0) is 0 Å². The summed E-state index contributed by atoms with van der Waals surface area (Å²) < 4.78 is 4.54. The van der Waals surface area contributed by atoms with Gasteiger partial charge in [-0.15, -0.1) is 0 Å². The van der Waals surface area contributed by atoms with Crippen molar-refractivity contribution in [2.75, 3.05) is 0 Å². The average molecular weight is 417 g/mol. The van der Waals surface area contributed by atoms with Crippen molar-refractivity contribution < 1.29 is 0 Å². The molecule has 0 aliphatic carbocycles. The quantitative estimate of drug-likeness (QED) is 0.327. The number of aryl methyl sites for hydroxylation is 1. The van der Waals surface area contributed by atoms with Gasteiger partial charge in [0.1, 0.15) is 0 Å². The van der Waals surface area contributed by atoms with Crippen molar-refractivity contribution in [2.45, 2.75) is 21.7 Å². The molecular formula is C18H18S2Sn. The molecule has 0 amide bonds. The molecule has 0 N–H and O–H groups in total. The fraction of sp³-hybridized carbons (Fsp3) is 0.222. The van der Waals surface area contributed by atoms with Crippen LogP contribution in [0.25, 0.3) is 30.9 Å². The first kappa shape index (κ1) is 14.0. The van der Waals surface area contributed by atoms with Gasteiger partial charge in [-0.05, 0) is 0 Å². The van der Waals surface area contributed by atoms with Crippen molar-refractivity contribution in [1.29, 1.82) is 0 Å². The second-order valence-electron chi connectivity index (χ2n) is 6.77. The molecule has 0 nitrogen and oxygen atoms in total. The van der Waals surface area contributed by atoms with Gasteiger partial charge in [0.05, 0.1) is 0 Å². The zero-order chi connectivity index (χ0) is 14.8. The standard InChI is InChI=1S/C15H9S2.3CH3.Sn/c1-9-8-13-11-2-4-14-12(6-7-16-14)10(11)3-5-15(13)17-9;;;;/h2-6,8H,1H3;3*1H3;. The van der Waals surface area contributed by atoms with Gasteiger partial charge in [0.15, 0.2) is 0 Å². The molecule has 2 heterocycles. The van der Waals surface area contributed by atoms with E-state index in [0.717, 1.165) is 0 Å². The predicted octanol–water partition coefficient (Wildman–Crippen LogP) is 6.12. The van der Waals surface area contributed by atoms with Crippen LogP contribution >= 0.6 is 22.7 Å². The van der Waals surface area contributed by atoms with Gasteiger partial charge in [0.2, 0.25) is 0 Å². The average Bonchev–Trinajstić information content (AvgIpc) is 2.99. The molecule has 0 saturated carbocycles. The summed E-state index contributed by atoms with van der Waals surface area (Å²) in [7, 11) is 0. The van der Waals surface area contributed by atoms with Crippen LogP contribution in [0.3, 0.4) is 0 Å². The summed E-state index contributed by atoms with van der Waals surface area (Å²) in [5.41, 5.74) is 0. The van der Waals surface area contributed by atoms with Crippen molar-refractivity contribution in [1.82, 2.24) is 0 Å². The van der Waals surface area contributed by atoms with Crippen LogP contribution in [0.1, 0.15) is 4.88 Å². The van der Waals surface area contributed by atoms with Crippen LogP contribution in [0.4, 0.5) is 0 Å². The first-order valence-electron chi connectivity index (χ1n) is 7.29. The summed E-state index contributed by atoms with van der Waals surface area (Å²) in [5, 5.41) is 5.72. The minimum atomic E-state index is -1.98. The van der Waals surface area contributed by atoms with E-state index in [0.29, 0.717) is 0 Å². The molecule has 0 bridgehead atoms. The molecule has 4 aromatic rings. The molecule has 106 valence electrons. The summed E-state index contributed by atoms with van der Waals surface area (Å²) >= 11 is 1.94. The molecule has 21 heavy (non-hydrogen) atoms. The van der Waals surface area contributed by atoms with E-state index < -0.39 is 18.4 Å². The fourth-order valence-corrected chi connectivity index (χ4v) is 10.2. The summed E-state index contributed by atoms with van der Waals surface area (Å²) in [6.45, 7) is 2.20. The Morgan fingerprint density at radius 2 is 1.29 bits per heavy atom. The van der Waals surface area contributed by atoms with Crippen LogP contribution in [0.5, 0.6) is 0 Å². The van der Waals surface area contributed by atoms with Gasteiger partial charge >= 0.3 is 138 Å². The molecule has 0 spiro atoms. The zero-order valence-corrected chi connectivity index (χ0v) is 17.3. The van der Waals surface area contributed by atoms with Crippen LogP contribution in [-0.4, -0.2) is 18.4 Å². The summed E-state index contributed by atoms with van der Waals surface area (Å²) in [6, 6.07) is 14.1.